The lowest BCUT2D eigenvalue weighted by Crippen LogP contribution is -2.29. The zero-order valence-corrected chi connectivity index (χ0v) is 10.6. The van der Waals surface area contributed by atoms with Crippen molar-refractivity contribution in [2.24, 2.45) is 0 Å². The standard InChI is InChI=1S/C13H19NO4/c1-9-4-3-5-11(18-2)12(9)13(17)14-7-6-10(16)8-15/h3-5,10,15-16H,6-8H2,1-2H3,(H,14,17)/t10-/m0/s1. The Balaban J connectivity index is 2.67. The van der Waals surface area contributed by atoms with Crippen molar-refractivity contribution in [1.82, 2.24) is 5.32 Å². The number of carbonyl (C=O) groups excluding carboxylic acids is 1. The molecule has 0 aromatic heterocycles. The van der Waals surface area contributed by atoms with Crippen LogP contribution in [0.1, 0.15) is 22.3 Å². The molecule has 3 N–H and O–H groups in total. The van der Waals surface area contributed by atoms with Crippen LogP contribution in [-0.2, 0) is 0 Å². The number of benzene rings is 1. The van der Waals surface area contributed by atoms with E-state index in [1.165, 1.54) is 7.11 Å². The molecule has 0 aliphatic heterocycles. The number of hydrogen-bond acceptors (Lipinski definition) is 4. The summed E-state index contributed by atoms with van der Waals surface area (Å²) in [5.41, 5.74) is 1.33. The average molecular weight is 253 g/mol. The zero-order valence-electron chi connectivity index (χ0n) is 10.6. The van der Waals surface area contributed by atoms with E-state index in [0.29, 0.717) is 24.3 Å². The quantitative estimate of drug-likeness (QED) is 0.689. The summed E-state index contributed by atoms with van der Waals surface area (Å²) in [6.45, 7) is 1.83. The number of carbonyl (C=O) groups is 1. The Bertz CT molecular complexity index is 406. The number of aryl methyl sites for hydroxylation is 1. The van der Waals surface area contributed by atoms with Crippen LogP contribution in [0.4, 0.5) is 0 Å². The van der Waals surface area contributed by atoms with Crippen LogP contribution >= 0.6 is 0 Å². The molecule has 1 atom stereocenters. The summed E-state index contributed by atoms with van der Waals surface area (Å²) >= 11 is 0. The minimum Gasteiger partial charge on any atom is -0.496 e. The lowest BCUT2D eigenvalue weighted by atomic mass is 10.1. The molecule has 0 saturated carbocycles. The summed E-state index contributed by atoms with van der Waals surface area (Å²) < 4.78 is 5.15. The second-order valence-corrected chi connectivity index (χ2v) is 4.03. The molecule has 0 unspecified atom stereocenters. The van der Waals surface area contributed by atoms with E-state index in [-0.39, 0.29) is 12.5 Å². The van der Waals surface area contributed by atoms with Gasteiger partial charge in [0.2, 0.25) is 0 Å². The molecule has 1 aromatic rings. The van der Waals surface area contributed by atoms with Gasteiger partial charge >= 0.3 is 0 Å². The van der Waals surface area contributed by atoms with Crippen molar-refractivity contribution in [3.05, 3.63) is 29.3 Å². The minimum atomic E-state index is -0.802. The van der Waals surface area contributed by atoms with E-state index < -0.39 is 6.10 Å². The summed E-state index contributed by atoms with van der Waals surface area (Å²) in [5.74, 6) is 0.283. The van der Waals surface area contributed by atoms with Gasteiger partial charge in [-0.1, -0.05) is 12.1 Å². The summed E-state index contributed by atoms with van der Waals surface area (Å²) in [7, 11) is 1.51. The number of nitrogens with one attached hydrogen (secondary N) is 1. The Labute approximate surface area is 106 Å². The van der Waals surface area contributed by atoms with Crippen molar-refractivity contribution in [3.63, 3.8) is 0 Å². The number of amides is 1. The van der Waals surface area contributed by atoms with Crippen LogP contribution in [0.2, 0.25) is 0 Å². The van der Waals surface area contributed by atoms with Crippen LogP contribution in [0.25, 0.3) is 0 Å². The van der Waals surface area contributed by atoms with E-state index >= 15 is 0 Å². The molecule has 0 radical (unpaired) electrons. The summed E-state index contributed by atoms with van der Waals surface area (Å²) in [4.78, 5) is 12.0. The third-order valence-electron chi connectivity index (χ3n) is 2.66. The van der Waals surface area contributed by atoms with Gasteiger partial charge in [-0.2, -0.15) is 0 Å². The fraction of sp³-hybridized carbons (Fsp3) is 0.462. The molecule has 0 saturated heterocycles. The van der Waals surface area contributed by atoms with Crippen LogP contribution in [0.3, 0.4) is 0 Å². The number of aliphatic hydroxyl groups excluding tert-OH is 2. The molecule has 1 rings (SSSR count). The Kier molecular flexibility index (Phi) is 5.61. The maximum absolute atomic E-state index is 12.0. The summed E-state index contributed by atoms with van der Waals surface area (Å²) in [6, 6.07) is 5.38. The highest BCUT2D eigenvalue weighted by Gasteiger charge is 2.14. The molecule has 18 heavy (non-hydrogen) atoms. The van der Waals surface area contributed by atoms with E-state index in [1.54, 1.807) is 6.07 Å². The molecule has 100 valence electrons. The smallest absolute Gasteiger partial charge is 0.255 e. The van der Waals surface area contributed by atoms with Gasteiger partial charge in [-0.25, -0.2) is 0 Å². The largest absolute Gasteiger partial charge is 0.496 e. The number of methoxy groups -OCH3 is 1. The lowest BCUT2D eigenvalue weighted by Gasteiger charge is -2.12. The number of ether oxygens (including phenoxy) is 1. The highest BCUT2D eigenvalue weighted by atomic mass is 16.5. The third kappa shape index (κ3) is 3.72. The normalized spacial score (nSPS) is 12.0. The molecule has 1 amide bonds. The first-order valence-electron chi connectivity index (χ1n) is 5.80. The van der Waals surface area contributed by atoms with E-state index in [2.05, 4.69) is 5.32 Å². The van der Waals surface area contributed by atoms with Crippen LogP contribution in [0.5, 0.6) is 5.75 Å². The fourth-order valence-electron chi connectivity index (χ4n) is 1.63. The zero-order chi connectivity index (χ0) is 13.5. The first-order valence-corrected chi connectivity index (χ1v) is 5.80. The van der Waals surface area contributed by atoms with Crippen molar-refractivity contribution >= 4 is 5.91 Å². The number of rotatable bonds is 6. The molecule has 0 heterocycles. The molecule has 0 fully saturated rings. The molecular weight excluding hydrogens is 234 g/mol. The van der Waals surface area contributed by atoms with Crippen molar-refractivity contribution in [2.75, 3.05) is 20.3 Å². The van der Waals surface area contributed by atoms with Crippen molar-refractivity contribution < 1.29 is 19.7 Å². The fourth-order valence-corrected chi connectivity index (χ4v) is 1.63. The van der Waals surface area contributed by atoms with Crippen molar-refractivity contribution in [1.29, 1.82) is 0 Å². The second kappa shape index (κ2) is 6.98. The van der Waals surface area contributed by atoms with Gasteiger partial charge in [-0.05, 0) is 25.0 Å². The maximum atomic E-state index is 12.0. The second-order valence-electron chi connectivity index (χ2n) is 4.03. The van der Waals surface area contributed by atoms with E-state index in [4.69, 9.17) is 9.84 Å². The molecule has 5 nitrogen and oxygen atoms in total. The highest BCUT2D eigenvalue weighted by Crippen LogP contribution is 2.21. The van der Waals surface area contributed by atoms with Gasteiger partial charge in [0.05, 0.1) is 25.4 Å². The third-order valence-corrected chi connectivity index (χ3v) is 2.66. The van der Waals surface area contributed by atoms with E-state index in [1.807, 2.05) is 19.1 Å². The number of aliphatic hydroxyl groups is 2. The molecule has 0 aliphatic carbocycles. The molecular formula is C13H19NO4. The SMILES string of the molecule is COc1cccc(C)c1C(=O)NCC[C@H](O)CO. The van der Waals surface area contributed by atoms with Crippen LogP contribution in [0.15, 0.2) is 18.2 Å². The van der Waals surface area contributed by atoms with Gasteiger partial charge in [-0.15, -0.1) is 0 Å². The number of hydrogen-bond donors (Lipinski definition) is 3. The molecule has 5 heteroatoms. The first kappa shape index (κ1) is 14.5. The first-order chi connectivity index (χ1) is 8.60. The van der Waals surface area contributed by atoms with Gasteiger partial charge in [0.25, 0.3) is 5.91 Å². The predicted octanol–water partition coefficient (Wildman–Crippen LogP) is 0.477. The van der Waals surface area contributed by atoms with Gasteiger partial charge in [0, 0.05) is 6.54 Å². The molecule has 0 bridgehead atoms. The average Bonchev–Trinajstić information content (AvgIpc) is 2.37. The molecule has 1 aromatic carbocycles. The summed E-state index contributed by atoms with van der Waals surface area (Å²) in [6.07, 6.45) is -0.486. The monoisotopic (exact) mass is 253 g/mol. The van der Waals surface area contributed by atoms with Crippen molar-refractivity contribution in [3.8, 4) is 5.75 Å². The van der Waals surface area contributed by atoms with Gasteiger partial charge in [-0.3, -0.25) is 4.79 Å². The van der Waals surface area contributed by atoms with E-state index in [0.717, 1.165) is 5.56 Å². The Morgan fingerprint density at radius 2 is 2.22 bits per heavy atom. The van der Waals surface area contributed by atoms with Crippen LogP contribution in [0, 0.1) is 6.92 Å². The topological polar surface area (TPSA) is 78.8 Å². The van der Waals surface area contributed by atoms with E-state index in [9.17, 15) is 9.90 Å². The van der Waals surface area contributed by atoms with Crippen molar-refractivity contribution in [2.45, 2.75) is 19.4 Å². The lowest BCUT2D eigenvalue weighted by molar-refractivity contribution is 0.0833. The Morgan fingerprint density at radius 1 is 1.50 bits per heavy atom. The minimum absolute atomic E-state index is 0.241. The van der Waals surface area contributed by atoms with Gasteiger partial charge in [0.1, 0.15) is 5.75 Å². The Morgan fingerprint density at radius 3 is 2.83 bits per heavy atom. The maximum Gasteiger partial charge on any atom is 0.255 e. The highest BCUT2D eigenvalue weighted by molar-refractivity contribution is 5.98. The van der Waals surface area contributed by atoms with Gasteiger partial charge < -0.3 is 20.3 Å². The predicted molar refractivity (Wildman–Crippen MR) is 67.8 cm³/mol. The van der Waals surface area contributed by atoms with Crippen LogP contribution in [-0.4, -0.2) is 42.5 Å². The molecule has 0 spiro atoms. The van der Waals surface area contributed by atoms with Crippen LogP contribution < -0.4 is 10.1 Å². The summed E-state index contributed by atoms with van der Waals surface area (Å²) in [5, 5.41) is 20.5. The van der Waals surface area contributed by atoms with Gasteiger partial charge in [0.15, 0.2) is 0 Å². The Hall–Kier alpha value is -1.59. The molecule has 0 aliphatic rings.